The van der Waals surface area contributed by atoms with Gasteiger partial charge < -0.3 is 4.90 Å². The number of carbonyl (C=O) groups is 1. The molecule has 0 atom stereocenters. The summed E-state index contributed by atoms with van der Waals surface area (Å²) in [6.45, 7) is 7.80. The van der Waals surface area contributed by atoms with Crippen LogP contribution in [0.2, 0.25) is 0 Å². The third-order valence-electron chi connectivity index (χ3n) is 3.37. The zero-order valence-corrected chi connectivity index (χ0v) is 14.3. The maximum absolute atomic E-state index is 12.3. The number of fused-ring (bicyclic) bond motifs is 1. The second kappa shape index (κ2) is 8.13. The fraction of sp³-hybridized carbons (Fsp3) is 0.471. The summed E-state index contributed by atoms with van der Waals surface area (Å²) in [5, 5.41) is 0.847. The molecule has 1 aromatic carbocycles. The molecule has 0 radical (unpaired) electrons. The van der Waals surface area contributed by atoms with Crippen LogP contribution in [0.25, 0.3) is 11.0 Å². The maximum Gasteiger partial charge on any atom is 0.232 e. The predicted molar refractivity (Wildman–Crippen MR) is 92.2 cm³/mol. The van der Waals surface area contributed by atoms with Crippen LogP contribution in [0.4, 0.5) is 0 Å². The summed E-state index contributed by atoms with van der Waals surface area (Å²) >= 11 is 1.49. The highest BCUT2D eigenvalue weighted by molar-refractivity contribution is 7.99. The number of aryl methyl sites for hydroxylation is 1. The van der Waals surface area contributed by atoms with E-state index in [2.05, 4.69) is 23.8 Å². The Morgan fingerprint density at radius 2 is 1.68 bits per heavy atom. The number of aromatic nitrogens is 2. The molecule has 1 heterocycles. The monoisotopic (exact) mass is 317 g/mol. The van der Waals surface area contributed by atoms with E-state index in [-0.39, 0.29) is 5.91 Å². The number of carbonyl (C=O) groups excluding carboxylic acids is 1. The van der Waals surface area contributed by atoms with Gasteiger partial charge >= 0.3 is 0 Å². The molecule has 0 saturated heterocycles. The Labute approximate surface area is 136 Å². The van der Waals surface area contributed by atoms with Gasteiger partial charge in [0.05, 0.1) is 22.5 Å². The van der Waals surface area contributed by atoms with Crippen molar-refractivity contribution in [3.63, 3.8) is 0 Å². The molecule has 5 heteroatoms. The molecule has 0 bridgehead atoms. The molecule has 0 saturated carbocycles. The molecule has 1 amide bonds. The first-order valence-electron chi connectivity index (χ1n) is 7.79. The fourth-order valence-electron chi connectivity index (χ4n) is 2.33. The van der Waals surface area contributed by atoms with Crippen molar-refractivity contribution in [2.75, 3.05) is 18.8 Å². The highest BCUT2D eigenvalue weighted by Crippen LogP contribution is 2.22. The summed E-state index contributed by atoms with van der Waals surface area (Å²) in [7, 11) is 0. The van der Waals surface area contributed by atoms with Gasteiger partial charge in [-0.15, -0.1) is 0 Å². The Morgan fingerprint density at radius 1 is 1.09 bits per heavy atom. The third-order valence-corrected chi connectivity index (χ3v) is 4.42. The van der Waals surface area contributed by atoms with Gasteiger partial charge in [-0.1, -0.05) is 37.7 Å². The molecule has 4 nitrogen and oxygen atoms in total. The van der Waals surface area contributed by atoms with Crippen molar-refractivity contribution < 1.29 is 4.79 Å². The highest BCUT2D eigenvalue weighted by Gasteiger charge is 2.14. The van der Waals surface area contributed by atoms with E-state index >= 15 is 0 Å². The standard InChI is InChI=1S/C17H23N3OS/c1-4-10-20(11-5-2)16(21)12-22-17-13(3)18-14-8-6-7-9-15(14)19-17/h6-9H,4-5,10-12H2,1-3H3. The van der Waals surface area contributed by atoms with Crippen molar-refractivity contribution in [2.45, 2.75) is 38.6 Å². The van der Waals surface area contributed by atoms with Crippen molar-refractivity contribution in [2.24, 2.45) is 0 Å². The molecule has 0 unspecified atom stereocenters. The molecule has 0 aliphatic carbocycles. The minimum atomic E-state index is 0.183. The van der Waals surface area contributed by atoms with Crippen LogP contribution in [-0.2, 0) is 4.79 Å². The predicted octanol–water partition coefficient (Wildman–Crippen LogP) is 3.68. The highest BCUT2D eigenvalue weighted by atomic mass is 32.2. The maximum atomic E-state index is 12.3. The van der Waals surface area contributed by atoms with E-state index in [1.807, 2.05) is 36.1 Å². The van der Waals surface area contributed by atoms with Crippen LogP contribution in [0.1, 0.15) is 32.4 Å². The van der Waals surface area contributed by atoms with Crippen LogP contribution in [-0.4, -0.2) is 39.6 Å². The van der Waals surface area contributed by atoms with Gasteiger partial charge in [-0.25, -0.2) is 9.97 Å². The molecule has 0 N–H and O–H groups in total. The van der Waals surface area contributed by atoms with Crippen LogP contribution < -0.4 is 0 Å². The minimum absolute atomic E-state index is 0.183. The number of amides is 1. The van der Waals surface area contributed by atoms with Gasteiger partial charge in [0, 0.05) is 13.1 Å². The van der Waals surface area contributed by atoms with E-state index in [4.69, 9.17) is 0 Å². The number of thioether (sulfide) groups is 1. The van der Waals surface area contributed by atoms with Crippen molar-refractivity contribution in [1.82, 2.24) is 14.9 Å². The van der Waals surface area contributed by atoms with Crippen LogP contribution in [0.15, 0.2) is 29.3 Å². The first-order valence-corrected chi connectivity index (χ1v) is 8.78. The average molecular weight is 317 g/mol. The molecule has 22 heavy (non-hydrogen) atoms. The quantitative estimate of drug-likeness (QED) is 0.731. The number of rotatable bonds is 7. The van der Waals surface area contributed by atoms with E-state index in [9.17, 15) is 4.79 Å². The molecule has 0 spiro atoms. The van der Waals surface area contributed by atoms with E-state index < -0.39 is 0 Å². The summed E-state index contributed by atoms with van der Waals surface area (Å²) in [5.74, 6) is 0.608. The molecular formula is C17H23N3OS. The lowest BCUT2D eigenvalue weighted by Gasteiger charge is -2.21. The molecular weight excluding hydrogens is 294 g/mol. The largest absolute Gasteiger partial charge is 0.342 e. The molecule has 0 fully saturated rings. The zero-order chi connectivity index (χ0) is 15.9. The average Bonchev–Trinajstić information content (AvgIpc) is 2.52. The second-order valence-electron chi connectivity index (χ2n) is 5.27. The van der Waals surface area contributed by atoms with Crippen LogP contribution >= 0.6 is 11.8 Å². The van der Waals surface area contributed by atoms with Crippen LogP contribution in [0, 0.1) is 6.92 Å². The van der Waals surface area contributed by atoms with Crippen molar-refractivity contribution >= 4 is 28.7 Å². The summed E-state index contributed by atoms with van der Waals surface area (Å²) in [4.78, 5) is 23.5. The topological polar surface area (TPSA) is 46.1 Å². The van der Waals surface area contributed by atoms with Crippen molar-refractivity contribution in [3.05, 3.63) is 30.0 Å². The molecule has 118 valence electrons. The first kappa shape index (κ1) is 16.7. The molecule has 2 rings (SSSR count). The summed E-state index contributed by atoms with van der Waals surface area (Å²) in [6.07, 6.45) is 1.98. The van der Waals surface area contributed by atoms with Gasteiger partial charge in [-0.2, -0.15) is 0 Å². The Balaban J connectivity index is 2.07. The summed E-state index contributed by atoms with van der Waals surface area (Å²) < 4.78 is 0. The lowest BCUT2D eigenvalue weighted by Crippen LogP contribution is -2.33. The van der Waals surface area contributed by atoms with Gasteiger partial charge in [-0.05, 0) is 31.9 Å². The van der Waals surface area contributed by atoms with Gasteiger partial charge in [0.1, 0.15) is 5.03 Å². The van der Waals surface area contributed by atoms with Gasteiger partial charge in [0.2, 0.25) is 5.91 Å². The molecule has 2 aromatic rings. The number of para-hydroxylation sites is 2. The SMILES string of the molecule is CCCN(CCC)C(=O)CSc1nc2ccccc2nc1C. The summed E-state index contributed by atoms with van der Waals surface area (Å²) in [5.41, 5.74) is 2.66. The van der Waals surface area contributed by atoms with E-state index in [1.165, 1.54) is 11.8 Å². The molecule has 0 aliphatic heterocycles. The van der Waals surface area contributed by atoms with Gasteiger partial charge in [0.25, 0.3) is 0 Å². The smallest absolute Gasteiger partial charge is 0.232 e. The Bertz CT molecular complexity index is 639. The Kier molecular flexibility index (Phi) is 6.19. The zero-order valence-electron chi connectivity index (χ0n) is 13.5. The Hall–Kier alpha value is -1.62. The van der Waals surface area contributed by atoms with E-state index in [1.54, 1.807) is 0 Å². The van der Waals surface area contributed by atoms with Crippen LogP contribution in [0.5, 0.6) is 0 Å². The lowest BCUT2D eigenvalue weighted by atomic mass is 10.3. The number of benzene rings is 1. The van der Waals surface area contributed by atoms with Gasteiger partial charge in [0.15, 0.2) is 0 Å². The lowest BCUT2D eigenvalue weighted by molar-refractivity contribution is -0.128. The number of nitrogens with zero attached hydrogens (tertiary/aromatic N) is 3. The molecule has 1 aromatic heterocycles. The molecule has 0 aliphatic rings. The first-order chi connectivity index (χ1) is 10.7. The minimum Gasteiger partial charge on any atom is -0.342 e. The van der Waals surface area contributed by atoms with Crippen LogP contribution in [0.3, 0.4) is 0 Å². The normalized spacial score (nSPS) is 10.9. The van der Waals surface area contributed by atoms with Crippen molar-refractivity contribution in [3.8, 4) is 0 Å². The fourth-order valence-corrected chi connectivity index (χ4v) is 3.19. The van der Waals surface area contributed by atoms with Crippen molar-refractivity contribution in [1.29, 1.82) is 0 Å². The van der Waals surface area contributed by atoms with Gasteiger partial charge in [-0.3, -0.25) is 4.79 Å². The Morgan fingerprint density at radius 3 is 2.27 bits per heavy atom. The van der Waals surface area contributed by atoms with E-state index in [0.717, 1.165) is 47.7 Å². The third kappa shape index (κ3) is 4.19. The number of hydrogen-bond acceptors (Lipinski definition) is 4. The summed E-state index contributed by atoms with van der Waals surface area (Å²) in [6, 6.07) is 7.82. The second-order valence-corrected chi connectivity index (χ2v) is 6.24. The number of hydrogen-bond donors (Lipinski definition) is 0. The van der Waals surface area contributed by atoms with E-state index in [0.29, 0.717) is 5.75 Å².